The molecule has 1 aromatic heterocycles. The fourth-order valence-electron chi connectivity index (χ4n) is 10.3. The van der Waals surface area contributed by atoms with Gasteiger partial charge in [0.05, 0.1) is 5.69 Å². The van der Waals surface area contributed by atoms with E-state index in [2.05, 4.69) is 254 Å². The number of rotatable bonds is 7. The zero-order valence-electron chi connectivity index (χ0n) is 36.0. The average Bonchev–Trinajstić information content (AvgIpc) is 3.79. The number of fused-ring (bicyclic) bond motifs is 9. The van der Waals surface area contributed by atoms with Gasteiger partial charge in [0.2, 0.25) is 0 Å². The SMILES string of the molecule is c1ccc(N(c2ccc(-c3ccc(-c4cccc5ccccc45)cc3)cc2)c2ccc(-c3cc4ccccc4c4ccccc34)cc2)c(-c2cccc3c2oc2c4ccccc4ccc32)c1. The summed E-state index contributed by atoms with van der Waals surface area (Å²) in [6.45, 7) is 0. The third kappa shape index (κ3) is 6.26. The van der Waals surface area contributed by atoms with Crippen LogP contribution in [0.25, 0.3) is 110 Å². The van der Waals surface area contributed by atoms with Gasteiger partial charge in [0, 0.05) is 38.7 Å². The number of para-hydroxylation sites is 2. The zero-order valence-corrected chi connectivity index (χ0v) is 36.0. The summed E-state index contributed by atoms with van der Waals surface area (Å²) in [5.41, 5.74) is 14.3. The lowest BCUT2D eigenvalue weighted by Crippen LogP contribution is -2.11. The lowest BCUT2D eigenvalue weighted by molar-refractivity contribution is 0.674. The second kappa shape index (κ2) is 15.5. The van der Waals surface area contributed by atoms with E-state index in [9.17, 15) is 0 Å². The van der Waals surface area contributed by atoms with E-state index in [1.807, 2.05) is 0 Å². The zero-order chi connectivity index (χ0) is 43.6. The monoisotopic (exact) mass is 839 g/mol. The van der Waals surface area contributed by atoms with Gasteiger partial charge >= 0.3 is 0 Å². The number of furan rings is 1. The number of anilines is 3. The first-order valence-corrected chi connectivity index (χ1v) is 22.7. The van der Waals surface area contributed by atoms with Gasteiger partial charge in [0.1, 0.15) is 11.2 Å². The Morgan fingerprint density at radius 1 is 0.242 bits per heavy atom. The van der Waals surface area contributed by atoms with Gasteiger partial charge in [0.15, 0.2) is 0 Å². The van der Waals surface area contributed by atoms with Crippen LogP contribution >= 0.6 is 0 Å². The minimum Gasteiger partial charge on any atom is -0.455 e. The molecule has 0 unspecified atom stereocenters. The molecule has 12 aromatic carbocycles. The summed E-state index contributed by atoms with van der Waals surface area (Å²) < 4.78 is 6.93. The van der Waals surface area contributed by atoms with Crippen LogP contribution in [0.3, 0.4) is 0 Å². The molecule has 1 heterocycles. The number of nitrogens with zero attached hydrogens (tertiary/aromatic N) is 1. The maximum atomic E-state index is 6.93. The molecule has 0 fully saturated rings. The molecule has 0 saturated heterocycles. The lowest BCUT2D eigenvalue weighted by Gasteiger charge is -2.28. The summed E-state index contributed by atoms with van der Waals surface area (Å²) in [5.74, 6) is 0. The van der Waals surface area contributed by atoms with Crippen molar-refractivity contribution < 1.29 is 4.42 Å². The Balaban J connectivity index is 0.941. The molecular weight excluding hydrogens is 799 g/mol. The Morgan fingerprint density at radius 2 is 0.712 bits per heavy atom. The summed E-state index contributed by atoms with van der Waals surface area (Å²) in [5, 5.41) is 12.1. The van der Waals surface area contributed by atoms with Gasteiger partial charge in [-0.2, -0.15) is 0 Å². The number of hydrogen-bond acceptors (Lipinski definition) is 2. The van der Waals surface area contributed by atoms with E-state index in [0.29, 0.717) is 0 Å². The Bertz CT molecular complexity index is 3970. The largest absolute Gasteiger partial charge is 0.455 e. The first-order chi connectivity index (χ1) is 32.7. The summed E-state index contributed by atoms with van der Waals surface area (Å²) in [4.78, 5) is 2.39. The van der Waals surface area contributed by atoms with Gasteiger partial charge in [-0.25, -0.2) is 0 Å². The molecule has 2 heteroatoms. The highest BCUT2D eigenvalue weighted by Crippen LogP contribution is 2.46. The molecule has 13 aromatic rings. The van der Waals surface area contributed by atoms with Gasteiger partial charge in [-0.3, -0.25) is 0 Å². The lowest BCUT2D eigenvalue weighted by atomic mass is 9.93. The maximum absolute atomic E-state index is 6.93. The van der Waals surface area contributed by atoms with Crippen molar-refractivity contribution in [2.75, 3.05) is 4.90 Å². The van der Waals surface area contributed by atoms with Crippen molar-refractivity contribution in [2.45, 2.75) is 0 Å². The van der Waals surface area contributed by atoms with Crippen LogP contribution in [0.2, 0.25) is 0 Å². The van der Waals surface area contributed by atoms with Crippen molar-refractivity contribution in [2.24, 2.45) is 0 Å². The van der Waals surface area contributed by atoms with Crippen LogP contribution in [0.1, 0.15) is 0 Å². The van der Waals surface area contributed by atoms with E-state index in [1.54, 1.807) is 0 Å². The van der Waals surface area contributed by atoms with E-state index in [-0.39, 0.29) is 0 Å². The molecule has 13 rings (SSSR count). The third-order valence-electron chi connectivity index (χ3n) is 13.5. The van der Waals surface area contributed by atoms with Gasteiger partial charge in [-0.05, 0) is 114 Å². The van der Waals surface area contributed by atoms with Gasteiger partial charge in [0.25, 0.3) is 0 Å². The van der Waals surface area contributed by atoms with Crippen LogP contribution in [0, 0.1) is 0 Å². The molecule has 0 aliphatic carbocycles. The Morgan fingerprint density at radius 3 is 1.47 bits per heavy atom. The van der Waals surface area contributed by atoms with Crippen LogP contribution in [0.5, 0.6) is 0 Å². The summed E-state index contributed by atoms with van der Waals surface area (Å²) in [7, 11) is 0. The van der Waals surface area contributed by atoms with Crippen molar-refractivity contribution in [3.8, 4) is 44.5 Å². The molecular formula is C64H41NO. The summed E-state index contributed by atoms with van der Waals surface area (Å²) >= 11 is 0. The molecule has 2 nitrogen and oxygen atoms in total. The molecule has 0 radical (unpaired) electrons. The van der Waals surface area contributed by atoms with Gasteiger partial charge in [-0.15, -0.1) is 0 Å². The highest BCUT2D eigenvalue weighted by molar-refractivity contribution is 6.18. The number of benzene rings is 12. The van der Waals surface area contributed by atoms with E-state index in [0.717, 1.165) is 61.1 Å². The van der Waals surface area contributed by atoms with Gasteiger partial charge in [-0.1, -0.05) is 206 Å². The van der Waals surface area contributed by atoms with E-state index in [1.165, 1.54) is 65.5 Å². The fourth-order valence-corrected chi connectivity index (χ4v) is 10.3. The Kier molecular flexibility index (Phi) is 8.89. The Labute approximate surface area is 382 Å². The second-order valence-corrected chi connectivity index (χ2v) is 17.2. The molecule has 0 aliphatic rings. The summed E-state index contributed by atoms with van der Waals surface area (Å²) in [6, 6.07) is 90.1. The maximum Gasteiger partial charge on any atom is 0.143 e. The highest BCUT2D eigenvalue weighted by Gasteiger charge is 2.21. The van der Waals surface area contributed by atoms with Crippen molar-refractivity contribution >= 4 is 82.1 Å². The molecule has 0 atom stereocenters. The predicted molar refractivity (Wildman–Crippen MR) is 280 cm³/mol. The van der Waals surface area contributed by atoms with E-state index in [4.69, 9.17) is 4.42 Å². The second-order valence-electron chi connectivity index (χ2n) is 17.2. The Hall–Kier alpha value is -8.72. The fraction of sp³-hybridized carbons (Fsp3) is 0. The van der Waals surface area contributed by atoms with Crippen LogP contribution in [0.4, 0.5) is 17.1 Å². The minimum absolute atomic E-state index is 0.886. The first-order valence-electron chi connectivity index (χ1n) is 22.7. The molecule has 0 saturated carbocycles. The van der Waals surface area contributed by atoms with Crippen molar-refractivity contribution in [1.29, 1.82) is 0 Å². The van der Waals surface area contributed by atoms with E-state index < -0.39 is 0 Å². The number of hydrogen-bond donors (Lipinski definition) is 0. The van der Waals surface area contributed by atoms with Crippen LogP contribution in [0.15, 0.2) is 253 Å². The molecule has 0 bridgehead atoms. The smallest absolute Gasteiger partial charge is 0.143 e. The quantitative estimate of drug-likeness (QED) is 0.149. The van der Waals surface area contributed by atoms with E-state index >= 15 is 0 Å². The molecule has 66 heavy (non-hydrogen) atoms. The van der Waals surface area contributed by atoms with Crippen LogP contribution < -0.4 is 4.90 Å². The first kappa shape index (κ1) is 37.8. The predicted octanol–water partition coefficient (Wildman–Crippen LogP) is 18.3. The molecule has 0 aliphatic heterocycles. The van der Waals surface area contributed by atoms with Crippen molar-refractivity contribution in [3.05, 3.63) is 249 Å². The molecule has 0 spiro atoms. The van der Waals surface area contributed by atoms with Crippen LogP contribution in [-0.4, -0.2) is 0 Å². The minimum atomic E-state index is 0.886. The topological polar surface area (TPSA) is 16.4 Å². The average molecular weight is 840 g/mol. The third-order valence-corrected chi connectivity index (χ3v) is 13.5. The normalized spacial score (nSPS) is 11.6. The highest BCUT2D eigenvalue weighted by atomic mass is 16.3. The summed E-state index contributed by atoms with van der Waals surface area (Å²) in [6.07, 6.45) is 0. The molecule has 0 N–H and O–H groups in total. The van der Waals surface area contributed by atoms with Crippen molar-refractivity contribution in [1.82, 2.24) is 0 Å². The standard InChI is InChI=1S/C64H41NO/c1-4-17-51-44(13-1)16-11-23-52(51)46-29-27-42(28-30-46)43-31-36-49(37-32-43)65(50-38-33-47(34-39-50)61-41-48-15-3-5-18-53(48)55-20-7-8-21-56(55)61)62-26-10-9-22-57(62)58-24-12-25-59-60-40-35-45-14-2-6-19-54(45)63(60)66-64(58)59/h1-41H. The van der Waals surface area contributed by atoms with Gasteiger partial charge < -0.3 is 9.32 Å². The molecule has 0 amide bonds. The van der Waals surface area contributed by atoms with Crippen molar-refractivity contribution in [3.63, 3.8) is 0 Å². The van der Waals surface area contributed by atoms with Crippen LogP contribution in [-0.2, 0) is 0 Å². The molecule has 308 valence electrons.